The number of aryl methyl sites for hydroxylation is 1. The second-order valence-electron chi connectivity index (χ2n) is 3.46. The van der Waals surface area contributed by atoms with Crippen molar-refractivity contribution in [2.75, 3.05) is 0 Å². The first-order valence-electron chi connectivity index (χ1n) is 4.56. The van der Waals surface area contributed by atoms with E-state index in [1.165, 1.54) is 6.07 Å². The summed E-state index contributed by atoms with van der Waals surface area (Å²) in [4.78, 5) is 0. The van der Waals surface area contributed by atoms with Crippen molar-refractivity contribution < 1.29 is 13.2 Å². The summed E-state index contributed by atoms with van der Waals surface area (Å²) < 4.78 is 36.4. The molecule has 1 aromatic rings. The predicted octanol–water partition coefficient (Wildman–Crippen LogP) is 4.24. The summed E-state index contributed by atoms with van der Waals surface area (Å²) in [5.41, 5.74) is 5.63. The molecule has 0 radical (unpaired) electrons. The van der Waals surface area contributed by atoms with Crippen LogP contribution in [0.5, 0.6) is 0 Å². The van der Waals surface area contributed by atoms with Crippen LogP contribution in [0.3, 0.4) is 0 Å². The lowest BCUT2D eigenvalue weighted by molar-refractivity contribution is -0.148. The van der Waals surface area contributed by atoms with Gasteiger partial charge in [0.1, 0.15) is 6.04 Å². The second-order valence-corrected chi connectivity index (χ2v) is 4.34. The van der Waals surface area contributed by atoms with Crippen LogP contribution >= 0.6 is 35.6 Å². The Morgan fingerprint density at radius 2 is 1.59 bits per heavy atom. The molecule has 17 heavy (non-hydrogen) atoms. The average molecular weight is 309 g/mol. The second kappa shape index (κ2) is 6.69. The van der Waals surface area contributed by atoms with Gasteiger partial charge in [0, 0.05) is 10.0 Å². The summed E-state index contributed by atoms with van der Waals surface area (Å²) in [5, 5.41) is 0.811. The summed E-state index contributed by atoms with van der Waals surface area (Å²) in [6.45, 7) is 0. The Morgan fingerprint density at radius 1 is 1.12 bits per heavy atom. The number of hydrogen-bond acceptors (Lipinski definition) is 1. The molecule has 98 valence electrons. The number of halogens is 6. The maximum atomic E-state index is 12.1. The monoisotopic (exact) mass is 307 g/mol. The van der Waals surface area contributed by atoms with Gasteiger partial charge in [-0.3, -0.25) is 0 Å². The standard InChI is InChI=1S/C10H10Cl2F3N.ClH/c11-7-3-6(4-8(12)5-7)1-2-9(16)10(13,14)15;/h3-5,9H,1-2,16H2;1H. The molecule has 0 heterocycles. The van der Waals surface area contributed by atoms with Crippen molar-refractivity contribution in [2.45, 2.75) is 25.1 Å². The summed E-state index contributed by atoms with van der Waals surface area (Å²) in [6, 6.07) is 2.87. The quantitative estimate of drug-likeness (QED) is 0.888. The van der Waals surface area contributed by atoms with Gasteiger partial charge < -0.3 is 5.73 Å². The SMILES string of the molecule is Cl.NC(CCc1cc(Cl)cc(Cl)c1)C(F)(F)F. The molecule has 0 amide bonds. The molecule has 0 aliphatic carbocycles. The number of rotatable bonds is 3. The number of nitrogens with two attached hydrogens (primary N) is 1. The number of alkyl halides is 3. The van der Waals surface area contributed by atoms with Crippen molar-refractivity contribution in [2.24, 2.45) is 5.73 Å². The molecule has 7 heteroatoms. The normalized spacial score (nSPS) is 13.1. The van der Waals surface area contributed by atoms with Gasteiger partial charge in [0.05, 0.1) is 0 Å². The van der Waals surface area contributed by atoms with Gasteiger partial charge >= 0.3 is 6.18 Å². The van der Waals surface area contributed by atoms with E-state index in [2.05, 4.69) is 0 Å². The molecule has 1 atom stereocenters. The third-order valence-electron chi connectivity index (χ3n) is 2.09. The molecule has 1 unspecified atom stereocenters. The maximum absolute atomic E-state index is 12.1. The van der Waals surface area contributed by atoms with Crippen molar-refractivity contribution in [1.82, 2.24) is 0 Å². The van der Waals surface area contributed by atoms with Gasteiger partial charge in [-0.05, 0) is 36.6 Å². The van der Waals surface area contributed by atoms with Crippen LogP contribution in [0.1, 0.15) is 12.0 Å². The predicted molar refractivity (Wildman–Crippen MR) is 66.1 cm³/mol. The zero-order valence-electron chi connectivity index (χ0n) is 8.60. The third kappa shape index (κ3) is 5.82. The van der Waals surface area contributed by atoms with Crippen LogP contribution < -0.4 is 5.73 Å². The molecule has 1 rings (SSSR count). The van der Waals surface area contributed by atoms with Crippen molar-refractivity contribution >= 4 is 35.6 Å². The zero-order chi connectivity index (χ0) is 12.3. The average Bonchev–Trinajstić information content (AvgIpc) is 2.11. The van der Waals surface area contributed by atoms with Gasteiger partial charge in [-0.2, -0.15) is 13.2 Å². The fourth-order valence-corrected chi connectivity index (χ4v) is 1.81. The van der Waals surface area contributed by atoms with Gasteiger partial charge in [-0.15, -0.1) is 12.4 Å². The summed E-state index contributed by atoms with van der Waals surface area (Å²) in [7, 11) is 0. The van der Waals surface area contributed by atoms with Crippen molar-refractivity contribution in [3.05, 3.63) is 33.8 Å². The minimum atomic E-state index is -4.36. The molecule has 0 aromatic heterocycles. The highest BCUT2D eigenvalue weighted by atomic mass is 35.5. The largest absolute Gasteiger partial charge is 0.403 e. The van der Waals surface area contributed by atoms with Crippen molar-refractivity contribution in [3.63, 3.8) is 0 Å². The van der Waals surface area contributed by atoms with E-state index in [9.17, 15) is 13.2 Å². The van der Waals surface area contributed by atoms with Gasteiger partial charge in [0.2, 0.25) is 0 Å². The Balaban J connectivity index is 0.00000256. The molecule has 0 aliphatic heterocycles. The zero-order valence-corrected chi connectivity index (χ0v) is 10.9. The van der Waals surface area contributed by atoms with E-state index in [0.717, 1.165) is 0 Å². The van der Waals surface area contributed by atoms with Crippen LogP contribution in [-0.4, -0.2) is 12.2 Å². The first kappa shape index (κ1) is 16.8. The van der Waals surface area contributed by atoms with E-state index in [1.54, 1.807) is 12.1 Å². The lowest BCUT2D eigenvalue weighted by Gasteiger charge is -2.15. The van der Waals surface area contributed by atoms with Gasteiger partial charge in [0.15, 0.2) is 0 Å². The summed E-state index contributed by atoms with van der Waals surface area (Å²) in [6.07, 6.45) is -4.34. The Labute approximate surface area is 113 Å². The molecule has 2 N–H and O–H groups in total. The van der Waals surface area contributed by atoms with Crippen LogP contribution in [-0.2, 0) is 6.42 Å². The van der Waals surface area contributed by atoms with E-state index in [1.807, 2.05) is 0 Å². The third-order valence-corrected chi connectivity index (χ3v) is 2.52. The Hall–Kier alpha value is -0.160. The lowest BCUT2D eigenvalue weighted by atomic mass is 10.1. The molecule has 1 nitrogen and oxygen atoms in total. The molecule has 1 aromatic carbocycles. The molecule has 0 aliphatic rings. The fourth-order valence-electron chi connectivity index (χ4n) is 1.24. The van der Waals surface area contributed by atoms with Crippen LogP contribution in [0.15, 0.2) is 18.2 Å². The van der Waals surface area contributed by atoms with Crippen LogP contribution in [0.4, 0.5) is 13.2 Å². The van der Waals surface area contributed by atoms with Crippen LogP contribution in [0.25, 0.3) is 0 Å². The van der Waals surface area contributed by atoms with Crippen LogP contribution in [0, 0.1) is 0 Å². The van der Waals surface area contributed by atoms with Crippen molar-refractivity contribution in [3.8, 4) is 0 Å². The molecule has 0 saturated heterocycles. The Kier molecular flexibility index (Phi) is 6.62. The first-order valence-corrected chi connectivity index (χ1v) is 5.32. The topological polar surface area (TPSA) is 26.0 Å². The Bertz CT molecular complexity index is 348. The Morgan fingerprint density at radius 3 is 2.00 bits per heavy atom. The highest BCUT2D eigenvalue weighted by Gasteiger charge is 2.35. The maximum Gasteiger partial charge on any atom is 0.403 e. The van der Waals surface area contributed by atoms with Gasteiger partial charge in [-0.25, -0.2) is 0 Å². The minimum absolute atomic E-state index is 0. The minimum Gasteiger partial charge on any atom is -0.320 e. The number of benzene rings is 1. The van der Waals surface area contributed by atoms with E-state index >= 15 is 0 Å². The van der Waals surface area contributed by atoms with Gasteiger partial charge in [-0.1, -0.05) is 23.2 Å². The molecule has 0 spiro atoms. The van der Waals surface area contributed by atoms with E-state index in [-0.39, 0.29) is 25.2 Å². The molecular formula is C10H11Cl3F3N. The van der Waals surface area contributed by atoms with Crippen LogP contribution in [0.2, 0.25) is 10.0 Å². The van der Waals surface area contributed by atoms with E-state index < -0.39 is 12.2 Å². The highest BCUT2D eigenvalue weighted by molar-refractivity contribution is 6.34. The molecule has 0 bridgehead atoms. The summed E-state index contributed by atoms with van der Waals surface area (Å²) >= 11 is 11.4. The molecular weight excluding hydrogens is 297 g/mol. The smallest absolute Gasteiger partial charge is 0.320 e. The lowest BCUT2D eigenvalue weighted by Crippen LogP contribution is -2.37. The highest BCUT2D eigenvalue weighted by Crippen LogP contribution is 2.24. The molecule has 0 saturated carbocycles. The summed E-state index contributed by atoms with van der Waals surface area (Å²) in [5.74, 6) is 0. The van der Waals surface area contributed by atoms with E-state index in [4.69, 9.17) is 28.9 Å². The fraction of sp³-hybridized carbons (Fsp3) is 0.400. The van der Waals surface area contributed by atoms with Gasteiger partial charge in [0.25, 0.3) is 0 Å². The molecule has 0 fully saturated rings. The van der Waals surface area contributed by atoms with E-state index in [0.29, 0.717) is 15.6 Å². The van der Waals surface area contributed by atoms with Crippen molar-refractivity contribution in [1.29, 1.82) is 0 Å². The first-order chi connectivity index (χ1) is 7.29. The number of hydrogen-bond donors (Lipinski definition) is 1.